The Bertz CT molecular complexity index is 352. The smallest absolute Gasteiger partial charge is 0.119 e. The molecule has 0 fully saturated rings. The Morgan fingerprint density at radius 2 is 2.12 bits per heavy atom. The van der Waals surface area contributed by atoms with Crippen molar-refractivity contribution in [1.82, 2.24) is 0 Å². The van der Waals surface area contributed by atoms with E-state index in [1.165, 1.54) is 24.0 Å². The molecule has 0 saturated carbocycles. The zero-order valence-corrected chi connectivity index (χ0v) is 9.48. The van der Waals surface area contributed by atoms with Gasteiger partial charge in [0, 0.05) is 13.0 Å². The monoisotopic (exact) mass is 221 g/mol. The van der Waals surface area contributed by atoms with E-state index in [0.717, 1.165) is 12.2 Å². The summed E-state index contributed by atoms with van der Waals surface area (Å²) in [4.78, 5) is 0. The molecule has 0 aliphatic heterocycles. The van der Waals surface area contributed by atoms with Gasteiger partial charge in [-0.15, -0.1) is 0 Å². The first-order valence-corrected chi connectivity index (χ1v) is 5.92. The number of ether oxygens (including phenoxy) is 1. The average molecular weight is 221 g/mol. The van der Waals surface area contributed by atoms with Crippen molar-refractivity contribution in [1.29, 1.82) is 0 Å². The molecule has 0 bridgehead atoms. The highest BCUT2D eigenvalue weighted by Crippen LogP contribution is 2.26. The maximum atomic E-state index is 9.29. The molecule has 3 heteroatoms. The van der Waals surface area contributed by atoms with Gasteiger partial charge < -0.3 is 15.6 Å². The van der Waals surface area contributed by atoms with Crippen molar-refractivity contribution in [3.05, 3.63) is 29.3 Å². The largest absolute Gasteiger partial charge is 0.493 e. The lowest BCUT2D eigenvalue weighted by Crippen LogP contribution is -2.21. The summed E-state index contributed by atoms with van der Waals surface area (Å²) in [5, 5.41) is 9.29. The Kier molecular flexibility index (Phi) is 3.80. The van der Waals surface area contributed by atoms with Crippen molar-refractivity contribution in [3.8, 4) is 5.75 Å². The van der Waals surface area contributed by atoms with Crippen molar-refractivity contribution >= 4 is 0 Å². The number of benzene rings is 1. The van der Waals surface area contributed by atoms with Crippen LogP contribution in [0.1, 0.15) is 24.0 Å². The van der Waals surface area contributed by atoms with E-state index >= 15 is 0 Å². The SMILES string of the molecule is NCC(O)CCOc1ccc2c(c1)CCC2. The number of hydrogen-bond donors (Lipinski definition) is 2. The summed E-state index contributed by atoms with van der Waals surface area (Å²) in [6.45, 7) is 0.824. The van der Waals surface area contributed by atoms with Crippen molar-refractivity contribution < 1.29 is 9.84 Å². The first kappa shape index (κ1) is 11.4. The fourth-order valence-electron chi connectivity index (χ4n) is 2.07. The molecule has 3 N–H and O–H groups in total. The van der Waals surface area contributed by atoms with Crippen LogP contribution in [0.4, 0.5) is 0 Å². The van der Waals surface area contributed by atoms with Crippen LogP contribution >= 0.6 is 0 Å². The maximum absolute atomic E-state index is 9.29. The van der Waals surface area contributed by atoms with E-state index in [1.54, 1.807) is 0 Å². The third-order valence-electron chi connectivity index (χ3n) is 3.06. The van der Waals surface area contributed by atoms with Crippen LogP contribution in [0.15, 0.2) is 18.2 Å². The van der Waals surface area contributed by atoms with Gasteiger partial charge in [-0.2, -0.15) is 0 Å². The van der Waals surface area contributed by atoms with E-state index in [1.807, 2.05) is 6.07 Å². The fraction of sp³-hybridized carbons (Fsp3) is 0.538. The van der Waals surface area contributed by atoms with Crippen LogP contribution in [0, 0.1) is 0 Å². The molecule has 0 spiro atoms. The van der Waals surface area contributed by atoms with Crippen LogP contribution in [0.5, 0.6) is 5.75 Å². The Morgan fingerprint density at radius 1 is 1.31 bits per heavy atom. The highest BCUT2D eigenvalue weighted by atomic mass is 16.5. The summed E-state index contributed by atoms with van der Waals surface area (Å²) < 4.78 is 5.59. The van der Waals surface area contributed by atoms with Gasteiger partial charge in [0.25, 0.3) is 0 Å². The molecule has 1 unspecified atom stereocenters. The van der Waals surface area contributed by atoms with E-state index in [-0.39, 0.29) is 0 Å². The molecular weight excluding hydrogens is 202 g/mol. The first-order valence-electron chi connectivity index (χ1n) is 5.92. The molecule has 0 amide bonds. The molecule has 1 aliphatic rings. The van der Waals surface area contributed by atoms with Crippen molar-refractivity contribution in [2.24, 2.45) is 5.73 Å². The number of nitrogens with two attached hydrogens (primary N) is 1. The summed E-state index contributed by atoms with van der Waals surface area (Å²) >= 11 is 0. The Hall–Kier alpha value is -1.06. The van der Waals surface area contributed by atoms with Crippen LogP contribution in [-0.2, 0) is 12.8 Å². The van der Waals surface area contributed by atoms with Gasteiger partial charge in [0.2, 0.25) is 0 Å². The highest BCUT2D eigenvalue weighted by Gasteiger charge is 2.11. The summed E-state index contributed by atoms with van der Waals surface area (Å²) in [6.07, 6.45) is 3.76. The molecule has 0 radical (unpaired) electrons. The summed E-state index contributed by atoms with van der Waals surface area (Å²) in [5.41, 5.74) is 8.19. The molecular formula is C13H19NO2. The van der Waals surface area contributed by atoms with Crippen molar-refractivity contribution in [2.45, 2.75) is 31.8 Å². The van der Waals surface area contributed by atoms with Crippen molar-refractivity contribution in [2.75, 3.05) is 13.2 Å². The van der Waals surface area contributed by atoms with Gasteiger partial charge in [-0.05, 0) is 42.5 Å². The normalized spacial score (nSPS) is 15.9. The Labute approximate surface area is 96.2 Å². The fourth-order valence-corrected chi connectivity index (χ4v) is 2.07. The van der Waals surface area contributed by atoms with Crippen LogP contribution in [0.2, 0.25) is 0 Å². The minimum absolute atomic E-state index is 0.299. The maximum Gasteiger partial charge on any atom is 0.119 e. The highest BCUT2D eigenvalue weighted by molar-refractivity contribution is 5.38. The van der Waals surface area contributed by atoms with Gasteiger partial charge in [-0.1, -0.05) is 6.07 Å². The number of aliphatic hydroxyl groups excluding tert-OH is 1. The first-order chi connectivity index (χ1) is 7.79. The Balaban J connectivity index is 1.86. The number of aliphatic hydroxyl groups is 1. The van der Waals surface area contributed by atoms with Crippen LogP contribution in [-0.4, -0.2) is 24.4 Å². The summed E-state index contributed by atoms with van der Waals surface area (Å²) in [5.74, 6) is 0.907. The summed E-state index contributed by atoms with van der Waals surface area (Å²) in [6, 6.07) is 6.28. The second-order valence-corrected chi connectivity index (χ2v) is 4.31. The average Bonchev–Trinajstić information content (AvgIpc) is 2.76. The van der Waals surface area contributed by atoms with Gasteiger partial charge in [-0.3, -0.25) is 0 Å². The lowest BCUT2D eigenvalue weighted by molar-refractivity contribution is 0.146. The molecule has 0 heterocycles. The third kappa shape index (κ3) is 2.74. The third-order valence-corrected chi connectivity index (χ3v) is 3.06. The van der Waals surface area contributed by atoms with Crippen LogP contribution in [0.25, 0.3) is 0 Å². The number of aryl methyl sites for hydroxylation is 2. The predicted octanol–water partition coefficient (Wildman–Crippen LogP) is 1.26. The van der Waals surface area contributed by atoms with E-state index in [9.17, 15) is 5.11 Å². The van der Waals surface area contributed by atoms with Crippen molar-refractivity contribution in [3.63, 3.8) is 0 Å². The van der Waals surface area contributed by atoms with Crippen LogP contribution in [0.3, 0.4) is 0 Å². The molecule has 88 valence electrons. The number of rotatable bonds is 5. The molecule has 0 aromatic heterocycles. The van der Waals surface area contributed by atoms with Gasteiger partial charge in [0.1, 0.15) is 5.75 Å². The molecule has 1 atom stereocenters. The Morgan fingerprint density at radius 3 is 2.94 bits per heavy atom. The predicted molar refractivity (Wildman–Crippen MR) is 63.6 cm³/mol. The van der Waals surface area contributed by atoms with Gasteiger partial charge in [0.05, 0.1) is 12.7 Å². The quantitative estimate of drug-likeness (QED) is 0.787. The standard InChI is InChI=1S/C13H19NO2/c14-9-12(15)6-7-16-13-5-4-10-2-1-3-11(10)8-13/h4-5,8,12,15H,1-3,6-7,9,14H2. The van der Waals surface area contributed by atoms with E-state index in [4.69, 9.17) is 10.5 Å². The molecule has 1 aliphatic carbocycles. The van der Waals surface area contributed by atoms with Gasteiger partial charge in [-0.25, -0.2) is 0 Å². The van der Waals surface area contributed by atoms with Crippen LogP contribution < -0.4 is 10.5 Å². The van der Waals surface area contributed by atoms with E-state index in [0.29, 0.717) is 19.6 Å². The topological polar surface area (TPSA) is 55.5 Å². The second-order valence-electron chi connectivity index (χ2n) is 4.31. The molecule has 3 nitrogen and oxygen atoms in total. The minimum atomic E-state index is -0.450. The second kappa shape index (κ2) is 5.32. The molecule has 1 aromatic rings. The van der Waals surface area contributed by atoms with E-state index in [2.05, 4.69) is 12.1 Å². The van der Waals surface area contributed by atoms with E-state index < -0.39 is 6.10 Å². The lowest BCUT2D eigenvalue weighted by Gasteiger charge is -2.10. The zero-order chi connectivity index (χ0) is 11.4. The molecule has 1 aromatic carbocycles. The molecule has 16 heavy (non-hydrogen) atoms. The lowest BCUT2D eigenvalue weighted by atomic mass is 10.1. The zero-order valence-electron chi connectivity index (χ0n) is 9.48. The number of hydrogen-bond acceptors (Lipinski definition) is 3. The number of fused-ring (bicyclic) bond motifs is 1. The summed E-state index contributed by atoms with van der Waals surface area (Å²) in [7, 11) is 0. The van der Waals surface area contributed by atoms with Gasteiger partial charge >= 0.3 is 0 Å². The molecule has 0 saturated heterocycles. The molecule has 2 rings (SSSR count). The van der Waals surface area contributed by atoms with Gasteiger partial charge in [0.15, 0.2) is 0 Å². The minimum Gasteiger partial charge on any atom is -0.493 e.